The van der Waals surface area contributed by atoms with Gasteiger partial charge in [-0.1, -0.05) is 31.5 Å². The van der Waals surface area contributed by atoms with E-state index in [-0.39, 0.29) is 11.9 Å². The number of hydrogen-bond donors (Lipinski definition) is 1. The van der Waals surface area contributed by atoms with Crippen LogP contribution >= 0.6 is 11.8 Å². The van der Waals surface area contributed by atoms with E-state index >= 15 is 0 Å². The summed E-state index contributed by atoms with van der Waals surface area (Å²) in [5.41, 5.74) is 6.07. The van der Waals surface area contributed by atoms with Crippen molar-refractivity contribution in [1.82, 2.24) is 4.90 Å². The van der Waals surface area contributed by atoms with E-state index in [2.05, 4.69) is 6.92 Å². The van der Waals surface area contributed by atoms with Crippen molar-refractivity contribution in [3.8, 4) is 0 Å². The van der Waals surface area contributed by atoms with E-state index in [1.165, 1.54) is 0 Å². The fourth-order valence-electron chi connectivity index (χ4n) is 2.46. The topological polar surface area (TPSA) is 46.3 Å². The van der Waals surface area contributed by atoms with Gasteiger partial charge in [-0.05, 0) is 24.5 Å². The summed E-state index contributed by atoms with van der Waals surface area (Å²) >= 11 is 1.61. The van der Waals surface area contributed by atoms with Crippen molar-refractivity contribution in [1.29, 1.82) is 0 Å². The number of hydrogen-bond acceptors (Lipinski definition) is 3. The average molecular weight is 278 g/mol. The van der Waals surface area contributed by atoms with Crippen molar-refractivity contribution in [3.05, 3.63) is 30.3 Å². The van der Waals surface area contributed by atoms with Crippen LogP contribution in [0.5, 0.6) is 0 Å². The van der Waals surface area contributed by atoms with Crippen LogP contribution in [0, 0.1) is 5.92 Å². The van der Waals surface area contributed by atoms with Crippen molar-refractivity contribution in [2.24, 2.45) is 11.7 Å². The normalized spacial score (nSPS) is 23.4. The van der Waals surface area contributed by atoms with Gasteiger partial charge >= 0.3 is 0 Å². The van der Waals surface area contributed by atoms with Crippen LogP contribution in [-0.4, -0.2) is 35.7 Å². The minimum Gasteiger partial charge on any atom is -0.342 e. The molecular formula is C15H22N2OS. The molecule has 0 saturated carbocycles. The second kappa shape index (κ2) is 6.96. The average Bonchev–Trinajstić information content (AvgIpc) is 2.46. The van der Waals surface area contributed by atoms with E-state index in [1.807, 2.05) is 35.2 Å². The maximum Gasteiger partial charge on any atom is 0.232 e. The summed E-state index contributed by atoms with van der Waals surface area (Å²) in [5.74, 6) is 1.22. The predicted octanol–water partition coefficient (Wildman–Crippen LogP) is 2.36. The number of nitrogens with two attached hydrogens (primary N) is 1. The first kappa shape index (κ1) is 14.4. The fraction of sp³-hybridized carbons (Fsp3) is 0.533. The Labute approximate surface area is 119 Å². The quantitative estimate of drug-likeness (QED) is 0.860. The molecule has 4 heteroatoms. The molecule has 1 aliphatic rings. The molecule has 1 saturated heterocycles. The summed E-state index contributed by atoms with van der Waals surface area (Å²) in [7, 11) is 0. The molecule has 1 aromatic rings. The fourth-order valence-corrected chi connectivity index (χ4v) is 3.28. The third kappa shape index (κ3) is 3.98. The van der Waals surface area contributed by atoms with E-state index in [1.54, 1.807) is 11.8 Å². The molecule has 0 spiro atoms. The van der Waals surface area contributed by atoms with Gasteiger partial charge in [-0.25, -0.2) is 0 Å². The van der Waals surface area contributed by atoms with Crippen LogP contribution in [0.15, 0.2) is 35.2 Å². The Kier molecular flexibility index (Phi) is 5.28. The number of likely N-dealkylation sites (tertiary alicyclic amines) is 1. The first-order chi connectivity index (χ1) is 9.20. The van der Waals surface area contributed by atoms with Crippen LogP contribution < -0.4 is 5.73 Å². The molecule has 3 nitrogen and oxygen atoms in total. The van der Waals surface area contributed by atoms with Gasteiger partial charge in [0.15, 0.2) is 0 Å². The number of rotatable bonds is 4. The lowest BCUT2D eigenvalue weighted by molar-refractivity contribution is -0.130. The Hall–Kier alpha value is -1.00. The number of benzene rings is 1. The lowest BCUT2D eigenvalue weighted by atomic mass is 9.91. The van der Waals surface area contributed by atoms with Crippen LogP contribution in [0.1, 0.15) is 19.8 Å². The maximum atomic E-state index is 12.2. The lowest BCUT2D eigenvalue weighted by Gasteiger charge is -2.36. The summed E-state index contributed by atoms with van der Waals surface area (Å²) in [6, 6.07) is 10.3. The summed E-state index contributed by atoms with van der Waals surface area (Å²) in [6.07, 6.45) is 1.98. The molecule has 0 aliphatic carbocycles. The largest absolute Gasteiger partial charge is 0.342 e. The van der Waals surface area contributed by atoms with Gasteiger partial charge in [0.2, 0.25) is 5.91 Å². The number of carbonyl (C=O) groups is 1. The Balaban J connectivity index is 1.83. The monoisotopic (exact) mass is 278 g/mol. The molecule has 1 heterocycles. The van der Waals surface area contributed by atoms with Crippen molar-refractivity contribution in [3.63, 3.8) is 0 Å². The van der Waals surface area contributed by atoms with Gasteiger partial charge in [-0.15, -0.1) is 11.8 Å². The molecule has 1 amide bonds. The van der Waals surface area contributed by atoms with Crippen LogP contribution in [0.3, 0.4) is 0 Å². The van der Waals surface area contributed by atoms with E-state index < -0.39 is 0 Å². The highest BCUT2D eigenvalue weighted by Gasteiger charge is 2.27. The Morgan fingerprint density at radius 2 is 2.16 bits per heavy atom. The van der Waals surface area contributed by atoms with Crippen molar-refractivity contribution >= 4 is 17.7 Å². The number of carbonyl (C=O) groups excluding carboxylic acids is 1. The van der Waals surface area contributed by atoms with Gasteiger partial charge in [0.1, 0.15) is 0 Å². The van der Waals surface area contributed by atoms with Crippen LogP contribution in [-0.2, 0) is 4.79 Å². The number of piperidine rings is 1. The van der Waals surface area contributed by atoms with E-state index in [4.69, 9.17) is 5.73 Å². The number of amides is 1. The molecule has 2 rings (SSSR count). The smallest absolute Gasteiger partial charge is 0.232 e. The van der Waals surface area contributed by atoms with E-state index in [0.29, 0.717) is 11.7 Å². The summed E-state index contributed by atoms with van der Waals surface area (Å²) in [4.78, 5) is 15.3. The molecule has 1 aromatic carbocycles. The number of thioether (sulfide) groups is 1. The SMILES string of the molecule is CCC1CN(C(=O)CSc2ccccc2)CCC1N. The van der Waals surface area contributed by atoms with E-state index in [0.717, 1.165) is 30.8 Å². The Bertz CT molecular complexity index is 410. The summed E-state index contributed by atoms with van der Waals surface area (Å²) < 4.78 is 0. The van der Waals surface area contributed by atoms with Gasteiger partial charge in [0.25, 0.3) is 0 Å². The maximum absolute atomic E-state index is 12.2. The highest BCUT2D eigenvalue weighted by atomic mass is 32.2. The molecule has 19 heavy (non-hydrogen) atoms. The van der Waals surface area contributed by atoms with Crippen LogP contribution in [0.2, 0.25) is 0 Å². The minimum atomic E-state index is 0.235. The highest BCUT2D eigenvalue weighted by molar-refractivity contribution is 8.00. The van der Waals surface area contributed by atoms with Gasteiger partial charge in [0, 0.05) is 24.0 Å². The third-order valence-electron chi connectivity index (χ3n) is 3.78. The minimum absolute atomic E-state index is 0.235. The summed E-state index contributed by atoms with van der Waals surface area (Å²) in [5, 5.41) is 0. The van der Waals surface area contributed by atoms with Gasteiger partial charge < -0.3 is 10.6 Å². The lowest BCUT2D eigenvalue weighted by Crippen LogP contribution is -2.49. The first-order valence-corrected chi connectivity index (χ1v) is 7.90. The number of nitrogens with zero attached hydrogens (tertiary/aromatic N) is 1. The predicted molar refractivity (Wildman–Crippen MR) is 80.1 cm³/mol. The Morgan fingerprint density at radius 1 is 1.42 bits per heavy atom. The molecule has 104 valence electrons. The zero-order valence-electron chi connectivity index (χ0n) is 11.4. The highest BCUT2D eigenvalue weighted by Crippen LogP contribution is 2.21. The second-order valence-electron chi connectivity index (χ2n) is 5.06. The molecule has 1 fully saturated rings. The molecule has 1 aliphatic heterocycles. The van der Waals surface area contributed by atoms with Crippen molar-refractivity contribution in [2.75, 3.05) is 18.8 Å². The standard InChI is InChI=1S/C15H22N2OS/c1-2-12-10-17(9-8-14(12)16)15(18)11-19-13-6-4-3-5-7-13/h3-7,12,14H,2,8-11,16H2,1H3. The van der Waals surface area contributed by atoms with Crippen LogP contribution in [0.4, 0.5) is 0 Å². The van der Waals surface area contributed by atoms with Crippen LogP contribution in [0.25, 0.3) is 0 Å². The molecule has 0 aromatic heterocycles. The van der Waals surface area contributed by atoms with Crippen molar-refractivity contribution < 1.29 is 4.79 Å². The second-order valence-corrected chi connectivity index (χ2v) is 6.11. The zero-order chi connectivity index (χ0) is 13.7. The zero-order valence-corrected chi connectivity index (χ0v) is 12.2. The molecule has 2 atom stereocenters. The van der Waals surface area contributed by atoms with Gasteiger partial charge in [-0.3, -0.25) is 4.79 Å². The van der Waals surface area contributed by atoms with Gasteiger partial charge in [-0.2, -0.15) is 0 Å². The molecule has 2 unspecified atom stereocenters. The van der Waals surface area contributed by atoms with E-state index in [9.17, 15) is 4.79 Å². The van der Waals surface area contributed by atoms with Gasteiger partial charge in [0.05, 0.1) is 5.75 Å². The Morgan fingerprint density at radius 3 is 2.84 bits per heavy atom. The third-order valence-corrected chi connectivity index (χ3v) is 4.77. The molecule has 2 N–H and O–H groups in total. The summed E-state index contributed by atoms with van der Waals surface area (Å²) in [6.45, 7) is 3.79. The van der Waals surface area contributed by atoms with Crippen molar-refractivity contribution in [2.45, 2.75) is 30.7 Å². The molecule has 0 radical (unpaired) electrons. The first-order valence-electron chi connectivity index (χ1n) is 6.92. The molecular weight excluding hydrogens is 256 g/mol. The molecule has 0 bridgehead atoms.